The molecule has 11 heavy (non-hydrogen) atoms. The molecule has 0 aliphatic carbocycles. The molecule has 0 saturated carbocycles. The van der Waals surface area contributed by atoms with Gasteiger partial charge in [0.2, 0.25) is 0 Å². The highest BCUT2D eigenvalue weighted by atomic mass is 16.3. The van der Waals surface area contributed by atoms with E-state index in [0.29, 0.717) is 11.5 Å². The van der Waals surface area contributed by atoms with Crippen LogP contribution in [0.3, 0.4) is 0 Å². The number of hydrogen-bond acceptors (Lipinski definition) is 3. The summed E-state index contributed by atoms with van der Waals surface area (Å²) >= 11 is 0. The molecule has 1 rings (SSSR count). The highest BCUT2D eigenvalue weighted by Gasteiger charge is 2.08. The van der Waals surface area contributed by atoms with E-state index in [-0.39, 0.29) is 0 Å². The summed E-state index contributed by atoms with van der Waals surface area (Å²) in [5.74, 6) is 0.487. The van der Waals surface area contributed by atoms with Crippen molar-refractivity contribution >= 4 is 0 Å². The minimum Gasteiger partial charge on any atom is -0.387 e. The molecule has 2 unspecified atom stereocenters. The first-order valence-corrected chi connectivity index (χ1v) is 3.52. The van der Waals surface area contributed by atoms with Crippen molar-refractivity contribution < 1.29 is 10.2 Å². The summed E-state index contributed by atoms with van der Waals surface area (Å²) in [5.41, 5.74) is 0.626. The fourth-order valence-electron chi connectivity index (χ4n) is 0.776. The third kappa shape index (κ3) is 1.78. The second-order valence-corrected chi connectivity index (χ2v) is 2.58. The summed E-state index contributed by atoms with van der Waals surface area (Å²) < 4.78 is 0. The van der Waals surface area contributed by atoms with Gasteiger partial charge in [0.05, 0.1) is 18.0 Å². The Morgan fingerprint density at radius 2 is 2.00 bits per heavy atom. The molecular weight excluding hydrogens is 144 g/mol. The number of aliphatic hydroxyl groups excluding tert-OH is 2. The SMILES string of the molecule is CC(O)c1cnc(C(C)O)[nH]1. The quantitative estimate of drug-likeness (QED) is 0.584. The Balaban J connectivity index is 2.82. The summed E-state index contributed by atoms with van der Waals surface area (Å²) in [7, 11) is 0. The second-order valence-electron chi connectivity index (χ2n) is 2.58. The fourth-order valence-corrected chi connectivity index (χ4v) is 0.776. The van der Waals surface area contributed by atoms with Gasteiger partial charge in [0.1, 0.15) is 11.9 Å². The van der Waals surface area contributed by atoms with E-state index in [1.54, 1.807) is 13.8 Å². The molecule has 1 heterocycles. The van der Waals surface area contributed by atoms with Crippen LogP contribution in [0.15, 0.2) is 6.20 Å². The number of aromatic nitrogens is 2. The number of aliphatic hydroxyl groups is 2. The van der Waals surface area contributed by atoms with Crippen LogP contribution in [-0.2, 0) is 0 Å². The third-order valence-corrected chi connectivity index (χ3v) is 1.46. The zero-order chi connectivity index (χ0) is 8.43. The van der Waals surface area contributed by atoms with Crippen molar-refractivity contribution in [1.82, 2.24) is 9.97 Å². The third-order valence-electron chi connectivity index (χ3n) is 1.46. The lowest BCUT2D eigenvalue weighted by molar-refractivity contribution is 0.184. The molecule has 0 aliphatic heterocycles. The molecule has 3 N–H and O–H groups in total. The predicted molar refractivity (Wildman–Crippen MR) is 39.9 cm³/mol. The van der Waals surface area contributed by atoms with E-state index in [9.17, 15) is 0 Å². The number of nitrogens with zero attached hydrogens (tertiary/aromatic N) is 1. The highest BCUT2D eigenvalue weighted by molar-refractivity contribution is 5.04. The number of H-pyrrole nitrogens is 1. The van der Waals surface area contributed by atoms with Gasteiger partial charge in [-0.3, -0.25) is 0 Å². The summed E-state index contributed by atoms with van der Waals surface area (Å²) in [6.45, 7) is 3.25. The van der Waals surface area contributed by atoms with Gasteiger partial charge >= 0.3 is 0 Å². The Bertz CT molecular complexity index is 208. The van der Waals surface area contributed by atoms with Crippen LogP contribution in [0.1, 0.15) is 37.6 Å². The van der Waals surface area contributed by atoms with Crippen LogP contribution >= 0.6 is 0 Å². The molecule has 0 bridgehead atoms. The van der Waals surface area contributed by atoms with Gasteiger partial charge < -0.3 is 15.2 Å². The van der Waals surface area contributed by atoms with E-state index < -0.39 is 12.2 Å². The molecule has 0 saturated heterocycles. The van der Waals surface area contributed by atoms with Gasteiger partial charge in [0.25, 0.3) is 0 Å². The predicted octanol–water partition coefficient (Wildman–Crippen LogP) is 0.516. The van der Waals surface area contributed by atoms with Crippen LogP contribution in [0.4, 0.5) is 0 Å². The van der Waals surface area contributed by atoms with Crippen LogP contribution in [0, 0.1) is 0 Å². The molecule has 1 aromatic heterocycles. The van der Waals surface area contributed by atoms with Gasteiger partial charge in [0.15, 0.2) is 0 Å². The van der Waals surface area contributed by atoms with Gasteiger partial charge in [-0.25, -0.2) is 4.98 Å². The molecule has 0 radical (unpaired) electrons. The van der Waals surface area contributed by atoms with E-state index in [2.05, 4.69) is 9.97 Å². The first-order chi connectivity index (χ1) is 5.11. The zero-order valence-corrected chi connectivity index (χ0v) is 6.57. The van der Waals surface area contributed by atoms with Gasteiger partial charge in [-0.1, -0.05) is 0 Å². The number of hydrogen-bond donors (Lipinski definition) is 3. The first kappa shape index (κ1) is 8.23. The van der Waals surface area contributed by atoms with Crippen LogP contribution in [0.5, 0.6) is 0 Å². The molecule has 1 aromatic rings. The van der Waals surface area contributed by atoms with Crippen LogP contribution in [-0.4, -0.2) is 20.2 Å². The largest absolute Gasteiger partial charge is 0.387 e. The average molecular weight is 156 g/mol. The Labute approximate surface area is 64.9 Å². The molecular formula is C7H12N2O2. The average Bonchev–Trinajstić information content (AvgIpc) is 2.33. The second kappa shape index (κ2) is 3.02. The molecule has 0 amide bonds. The molecule has 4 heteroatoms. The number of rotatable bonds is 2. The summed E-state index contributed by atoms with van der Waals surface area (Å²) in [6.07, 6.45) is 0.352. The maximum absolute atomic E-state index is 9.07. The van der Waals surface area contributed by atoms with E-state index in [1.807, 2.05) is 0 Å². The summed E-state index contributed by atoms with van der Waals surface area (Å²) in [5, 5.41) is 18.1. The Hall–Kier alpha value is -0.870. The summed E-state index contributed by atoms with van der Waals surface area (Å²) in [6, 6.07) is 0. The van der Waals surface area contributed by atoms with Gasteiger partial charge in [0, 0.05) is 0 Å². The van der Waals surface area contributed by atoms with E-state index in [4.69, 9.17) is 10.2 Å². The lowest BCUT2D eigenvalue weighted by atomic mass is 10.3. The molecule has 0 fully saturated rings. The van der Waals surface area contributed by atoms with Crippen molar-refractivity contribution in [2.24, 2.45) is 0 Å². The van der Waals surface area contributed by atoms with Crippen molar-refractivity contribution in [3.8, 4) is 0 Å². The van der Waals surface area contributed by atoms with Crippen LogP contribution in [0.2, 0.25) is 0 Å². The number of nitrogens with one attached hydrogen (secondary N) is 1. The molecule has 4 nitrogen and oxygen atoms in total. The van der Waals surface area contributed by atoms with Gasteiger partial charge in [-0.05, 0) is 13.8 Å². The normalized spacial score (nSPS) is 16.4. The Morgan fingerprint density at radius 1 is 1.36 bits per heavy atom. The lowest BCUT2D eigenvalue weighted by Gasteiger charge is -1.99. The topological polar surface area (TPSA) is 69.1 Å². The smallest absolute Gasteiger partial charge is 0.135 e. The minimum absolute atomic E-state index is 0.487. The maximum Gasteiger partial charge on any atom is 0.135 e. The first-order valence-electron chi connectivity index (χ1n) is 3.52. The van der Waals surface area contributed by atoms with Crippen LogP contribution < -0.4 is 0 Å². The van der Waals surface area contributed by atoms with E-state index >= 15 is 0 Å². The van der Waals surface area contributed by atoms with Crippen molar-refractivity contribution in [3.05, 3.63) is 17.7 Å². The fraction of sp³-hybridized carbons (Fsp3) is 0.571. The standard InChI is InChI=1S/C7H12N2O2/c1-4(10)6-3-8-7(9-6)5(2)11/h3-5,10-11H,1-2H3,(H,8,9). The molecule has 0 spiro atoms. The molecule has 0 aliphatic rings. The monoisotopic (exact) mass is 156 g/mol. The molecule has 62 valence electrons. The number of aromatic amines is 1. The van der Waals surface area contributed by atoms with E-state index in [0.717, 1.165) is 0 Å². The lowest BCUT2D eigenvalue weighted by Crippen LogP contribution is -1.95. The highest BCUT2D eigenvalue weighted by Crippen LogP contribution is 2.12. The van der Waals surface area contributed by atoms with Crippen molar-refractivity contribution in [2.45, 2.75) is 26.1 Å². The van der Waals surface area contributed by atoms with Crippen molar-refractivity contribution in [1.29, 1.82) is 0 Å². The Kier molecular flexibility index (Phi) is 2.26. The van der Waals surface area contributed by atoms with E-state index in [1.165, 1.54) is 6.20 Å². The Morgan fingerprint density at radius 3 is 2.27 bits per heavy atom. The van der Waals surface area contributed by atoms with Gasteiger partial charge in [-0.2, -0.15) is 0 Å². The van der Waals surface area contributed by atoms with Gasteiger partial charge in [-0.15, -0.1) is 0 Å². The summed E-state index contributed by atoms with van der Waals surface area (Å²) in [4.78, 5) is 6.67. The maximum atomic E-state index is 9.07. The molecule has 2 atom stereocenters. The van der Waals surface area contributed by atoms with Crippen LogP contribution in [0.25, 0.3) is 0 Å². The van der Waals surface area contributed by atoms with Crippen molar-refractivity contribution in [2.75, 3.05) is 0 Å². The van der Waals surface area contributed by atoms with Crippen molar-refractivity contribution in [3.63, 3.8) is 0 Å². The minimum atomic E-state index is -0.609. The zero-order valence-electron chi connectivity index (χ0n) is 6.57. The number of imidazole rings is 1. The molecule has 0 aromatic carbocycles.